The Hall–Kier alpha value is -1.02. The zero-order chi connectivity index (χ0) is 10.3. The fourth-order valence-corrected chi connectivity index (χ4v) is 3.12. The number of aromatic nitrogens is 2. The summed E-state index contributed by atoms with van der Waals surface area (Å²) >= 11 is 1.90. The molecule has 1 aliphatic heterocycles. The number of nitriles is 1. The third-order valence-corrected chi connectivity index (χ3v) is 4.32. The van der Waals surface area contributed by atoms with Crippen LogP contribution in [0.4, 0.5) is 0 Å². The molecule has 3 atom stereocenters. The Labute approximate surface area is 92.0 Å². The van der Waals surface area contributed by atoms with E-state index in [0.717, 1.165) is 18.7 Å². The fraction of sp³-hybridized carbons (Fsp3) is 0.700. The molecule has 1 aromatic heterocycles. The number of hydrogen-bond acceptors (Lipinski definition) is 5. The molecule has 5 heteroatoms. The first-order valence-electron chi connectivity index (χ1n) is 5.23. The monoisotopic (exact) mass is 221 g/mol. The smallest absolute Gasteiger partial charge is 0.231 e. The Morgan fingerprint density at radius 1 is 1.53 bits per heavy atom. The van der Waals surface area contributed by atoms with Gasteiger partial charge in [-0.05, 0) is 25.0 Å². The van der Waals surface area contributed by atoms with E-state index in [1.807, 2.05) is 11.8 Å². The molecule has 0 spiro atoms. The summed E-state index contributed by atoms with van der Waals surface area (Å²) in [6, 6.07) is 2.23. The summed E-state index contributed by atoms with van der Waals surface area (Å²) in [6.07, 6.45) is 3.27. The van der Waals surface area contributed by atoms with E-state index in [4.69, 9.17) is 9.78 Å². The zero-order valence-electron chi connectivity index (χ0n) is 8.22. The standard InChI is InChI=1S/C10H11N3OS/c11-5-6-4-7(6)10-12-9(13-14-10)8-2-1-3-15-8/h6-8H,1-4H2. The molecule has 1 saturated carbocycles. The SMILES string of the molecule is N#CC1CC1c1nc(C2CCCS2)no1. The van der Waals surface area contributed by atoms with Crippen LogP contribution in [0.2, 0.25) is 0 Å². The first kappa shape index (κ1) is 9.22. The van der Waals surface area contributed by atoms with Crippen LogP contribution < -0.4 is 0 Å². The first-order chi connectivity index (χ1) is 7.38. The molecule has 3 unspecified atom stereocenters. The van der Waals surface area contributed by atoms with Crippen molar-refractivity contribution in [3.05, 3.63) is 11.7 Å². The van der Waals surface area contributed by atoms with Gasteiger partial charge in [-0.1, -0.05) is 5.16 Å². The number of rotatable bonds is 2. The average molecular weight is 221 g/mol. The lowest BCUT2D eigenvalue weighted by molar-refractivity contribution is 0.372. The molecule has 1 saturated heterocycles. The van der Waals surface area contributed by atoms with Crippen LogP contribution in [0.3, 0.4) is 0 Å². The van der Waals surface area contributed by atoms with Crippen LogP contribution in [-0.4, -0.2) is 15.9 Å². The summed E-state index contributed by atoms with van der Waals surface area (Å²) in [7, 11) is 0. The van der Waals surface area contributed by atoms with E-state index in [2.05, 4.69) is 16.2 Å². The van der Waals surface area contributed by atoms with E-state index in [9.17, 15) is 0 Å². The molecule has 15 heavy (non-hydrogen) atoms. The van der Waals surface area contributed by atoms with Crippen LogP contribution in [0, 0.1) is 17.2 Å². The maximum Gasteiger partial charge on any atom is 0.231 e. The largest absolute Gasteiger partial charge is 0.339 e. The minimum Gasteiger partial charge on any atom is -0.339 e. The molecule has 0 radical (unpaired) electrons. The topological polar surface area (TPSA) is 62.7 Å². The molecule has 4 nitrogen and oxygen atoms in total. The number of thioether (sulfide) groups is 1. The zero-order valence-corrected chi connectivity index (χ0v) is 9.04. The van der Waals surface area contributed by atoms with E-state index in [1.165, 1.54) is 12.2 Å². The summed E-state index contributed by atoms with van der Waals surface area (Å²) in [6.45, 7) is 0. The molecule has 2 aliphatic rings. The van der Waals surface area contributed by atoms with E-state index in [0.29, 0.717) is 11.1 Å². The molecule has 1 aromatic rings. The van der Waals surface area contributed by atoms with Crippen LogP contribution in [0.1, 0.15) is 42.1 Å². The molecule has 0 bridgehead atoms. The fourth-order valence-electron chi connectivity index (χ4n) is 1.92. The second-order valence-electron chi connectivity index (χ2n) is 4.07. The van der Waals surface area contributed by atoms with Crippen molar-refractivity contribution >= 4 is 11.8 Å². The summed E-state index contributed by atoms with van der Waals surface area (Å²) in [5, 5.41) is 13.1. The first-order valence-corrected chi connectivity index (χ1v) is 6.28. The molecule has 2 heterocycles. The van der Waals surface area contributed by atoms with Crippen molar-refractivity contribution in [2.75, 3.05) is 5.75 Å². The van der Waals surface area contributed by atoms with E-state index >= 15 is 0 Å². The third-order valence-electron chi connectivity index (χ3n) is 2.95. The summed E-state index contributed by atoms with van der Waals surface area (Å²) in [5.41, 5.74) is 0. The van der Waals surface area contributed by atoms with Crippen molar-refractivity contribution in [2.45, 2.75) is 30.4 Å². The molecule has 2 fully saturated rings. The highest BCUT2D eigenvalue weighted by molar-refractivity contribution is 7.99. The Bertz CT molecular complexity index is 405. The molecular formula is C10H11N3OS. The van der Waals surface area contributed by atoms with Crippen LogP contribution in [0.25, 0.3) is 0 Å². The number of nitrogens with zero attached hydrogens (tertiary/aromatic N) is 3. The van der Waals surface area contributed by atoms with Gasteiger partial charge in [-0.2, -0.15) is 22.0 Å². The van der Waals surface area contributed by atoms with Gasteiger partial charge in [-0.3, -0.25) is 0 Å². The van der Waals surface area contributed by atoms with Gasteiger partial charge in [-0.25, -0.2) is 0 Å². The van der Waals surface area contributed by atoms with E-state index in [1.54, 1.807) is 0 Å². The lowest BCUT2D eigenvalue weighted by Gasteiger charge is -1.98. The summed E-state index contributed by atoms with van der Waals surface area (Å²) < 4.78 is 5.21. The van der Waals surface area contributed by atoms with Gasteiger partial charge in [-0.15, -0.1) is 0 Å². The van der Waals surface area contributed by atoms with Crippen LogP contribution in [0.15, 0.2) is 4.52 Å². The van der Waals surface area contributed by atoms with Crippen LogP contribution >= 0.6 is 11.8 Å². The normalized spacial score (nSPS) is 33.9. The second kappa shape index (κ2) is 3.53. The quantitative estimate of drug-likeness (QED) is 0.766. The van der Waals surface area contributed by atoms with Crippen molar-refractivity contribution in [1.29, 1.82) is 5.26 Å². The van der Waals surface area contributed by atoms with Gasteiger partial charge in [0.15, 0.2) is 5.82 Å². The van der Waals surface area contributed by atoms with Crippen LogP contribution in [0.5, 0.6) is 0 Å². The maximum atomic E-state index is 8.71. The highest BCUT2D eigenvalue weighted by Crippen LogP contribution is 2.47. The Morgan fingerprint density at radius 2 is 2.47 bits per heavy atom. The minimum absolute atomic E-state index is 0.106. The van der Waals surface area contributed by atoms with Gasteiger partial charge < -0.3 is 4.52 Å². The van der Waals surface area contributed by atoms with E-state index in [-0.39, 0.29) is 11.8 Å². The third kappa shape index (κ3) is 1.63. The summed E-state index contributed by atoms with van der Waals surface area (Å²) in [4.78, 5) is 4.40. The van der Waals surface area contributed by atoms with Crippen molar-refractivity contribution in [3.8, 4) is 6.07 Å². The highest BCUT2D eigenvalue weighted by Gasteiger charge is 2.43. The van der Waals surface area contributed by atoms with Gasteiger partial charge >= 0.3 is 0 Å². The van der Waals surface area contributed by atoms with Crippen molar-refractivity contribution in [1.82, 2.24) is 10.1 Å². The second-order valence-corrected chi connectivity index (χ2v) is 5.38. The predicted octanol–water partition coefficient (Wildman–Crippen LogP) is 2.26. The highest BCUT2D eigenvalue weighted by atomic mass is 32.2. The molecule has 78 valence electrons. The summed E-state index contributed by atoms with van der Waals surface area (Å²) in [5.74, 6) is 3.01. The van der Waals surface area contributed by atoms with Crippen LogP contribution in [-0.2, 0) is 0 Å². The molecule has 3 rings (SSSR count). The predicted molar refractivity (Wildman–Crippen MR) is 55.2 cm³/mol. The molecule has 0 amide bonds. The van der Waals surface area contributed by atoms with Crippen molar-refractivity contribution in [3.63, 3.8) is 0 Å². The van der Waals surface area contributed by atoms with Crippen molar-refractivity contribution in [2.24, 2.45) is 5.92 Å². The van der Waals surface area contributed by atoms with Gasteiger partial charge in [0, 0.05) is 0 Å². The lowest BCUT2D eigenvalue weighted by atomic mass is 10.2. The Balaban J connectivity index is 1.74. The van der Waals surface area contributed by atoms with Crippen molar-refractivity contribution < 1.29 is 4.52 Å². The lowest BCUT2D eigenvalue weighted by Crippen LogP contribution is -1.91. The average Bonchev–Trinajstić information content (AvgIpc) is 2.73. The molecule has 0 N–H and O–H groups in total. The van der Waals surface area contributed by atoms with Gasteiger partial charge in [0.25, 0.3) is 0 Å². The number of hydrogen-bond donors (Lipinski definition) is 0. The molecular weight excluding hydrogens is 210 g/mol. The van der Waals surface area contributed by atoms with Gasteiger partial charge in [0.1, 0.15) is 0 Å². The Morgan fingerprint density at radius 3 is 3.13 bits per heavy atom. The van der Waals surface area contributed by atoms with E-state index < -0.39 is 0 Å². The van der Waals surface area contributed by atoms with Gasteiger partial charge in [0.2, 0.25) is 5.89 Å². The molecule has 1 aliphatic carbocycles. The van der Waals surface area contributed by atoms with Gasteiger partial charge in [0.05, 0.1) is 23.2 Å². The Kier molecular flexibility index (Phi) is 2.17. The molecule has 0 aromatic carbocycles. The maximum absolute atomic E-state index is 8.71. The minimum atomic E-state index is 0.106.